The molecule has 102 valence electrons. The standard InChI is InChI=1S/C13H24N4O/c1-11(2)13(4-5-13)10-14-8-12-9-17(16-15-12)6-3-7-18/h9,11,14,18H,3-8,10H2,1-2H3. The second-order valence-electron chi connectivity index (χ2n) is 5.67. The van der Waals surface area contributed by atoms with Gasteiger partial charge in [-0.1, -0.05) is 19.1 Å². The lowest BCUT2D eigenvalue weighted by molar-refractivity contribution is 0.276. The minimum absolute atomic E-state index is 0.199. The van der Waals surface area contributed by atoms with Crippen LogP contribution in [0.15, 0.2) is 6.20 Å². The first-order valence-corrected chi connectivity index (χ1v) is 6.87. The van der Waals surface area contributed by atoms with Crippen molar-refractivity contribution in [1.29, 1.82) is 0 Å². The van der Waals surface area contributed by atoms with Crippen LogP contribution in [0.2, 0.25) is 0 Å². The molecule has 2 N–H and O–H groups in total. The maximum Gasteiger partial charge on any atom is 0.0964 e. The predicted octanol–water partition coefficient (Wildman–Crippen LogP) is 1.19. The average Bonchev–Trinajstić information content (AvgIpc) is 3.00. The van der Waals surface area contributed by atoms with Gasteiger partial charge in [-0.15, -0.1) is 5.10 Å². The van der Waals surface area contributed by atoms with Crippen molar-refractivity contribution in [2.45, 2.75) is 46.2 Å². The van der Waals surface area contributed by atoms with Gasteiger partial charge in [-0.05, 0) is 30.6 Å². The van der Waals surface area contributed by atoms with E-state index in [0.29, 0.717) is 5.41 Å². The molecule has 18 heavy (non-hydrogen) atoms. The van der Waals surface area contributed by atoms with Crippen LogP contribution in [0.1, 0.15) is 38.8 Å². The van der Waals surface area contributed by atoms with Crippen molar-refractivity contribution in [3.8, 4) is 0 Å². The minimum atomic E-state index is 0.199. The summed E-state index contributed by atoms with van der Waals surface area (Å²) in [5.41, 5.74) is 1.51. The Labute approximate surface area is 109 Å². The molecule has 5 nitrogen and oxygen atoms in total. The average molecular weight is 252 g/mol. The summed E-state index contributed by atoms with van der Waals surface area (Å²) < 4.78 is 1.79. The summed E-state index contributed by atoms with van der Waals surface area (Å²) >= 11 is 0. The molecule has 0 aromatic carbocycles. The Morgan fingerprint density at radius 3 is 2.89 bits per heavy atom. The van der Waals surface area contributed by atoms with Crippen LogP contribution in [0.4, 0.5) is 0 Å². The normalized spacial score (nSPS) is 17.3. The Hall–Kier alpha value is -0.940. The summed E-state index contributed by atoms with van der Waals surface area (Å²) in [6.45, 7) is 7.41. The fourth-order valence-corrected chi connectivity index (χ4v) is 2.32. The lowest BCUT2D eigenvalue weighted by Crippen LogP contribution is -2.27. The minimum Gasteiger partial charge on any atom is -0.396 e. The van der Waals surface area contributed by atoms with Gasteiger partial charge in [0.15, 0.2) is 0 Å². The molecule has 1 aliphatic carbocycles. The topological polar surface area (TPSA) is 63.0 Å². The molecular formula is C13H24N4O. The van der Waals surface area contributed by atoms with E-state index in [1.807, 2.05) is 6.20 Å². The van der Waals surface area contributed by atoms with Crippen LogP contribution < -0.4 is 5.32 Å². The first kappa shape index (κ1) is 13.5. The molecule has 2 rings (SSSR count). The summed E-state index contributed by atoms with van der Waals surface area (Å²) in [6, 6.07) is 0. The fraction of sp³-hybridized carbons (Fsp3) is 0.846. The summed E-state index contributed by atoms with van der Waals surface area (Å²) in [5, 5.41) is 20.4. The second kappa shape index (κ2) is 5.80. The van der Waals surface area contributed by atoms with E-state index in [1.54, 1.807) is 4.68 Å². The molecule has 0 atom stereocenters. The highest BCUT2D eigenvalue weighted by molar-refractivity contribution is 4.98. The lowest BCUT2D eigenvalue weighted by Gasteiger charge is -2.19. The van der Waals surface area contributed by atoms with Crippen LogP contribution >= 0.6 is 0 Å². The number of nitrogens with zero attached hydrogens (tertiary/aromatic N) is 3. The number of rotatable bonds is 8. The van der Waals surface area contributed by atoms with Crippen molar-refractivity contribution in [3.05, 3.63) is 11.9 Å². The molecule has 0 saturated heterocycles. The molecule has 0 spiro atoms. The molecule has 1 aromatic rings. The van der Waals surface area contributed by atoms with E-state index in [4.69, 9.17) is 5.11 Å². The smallest absolute Gasteiger partial charge is 0.0964 e. The van der Waals surface area contributed by atoms with Gasteiger partial charge in [0.05, 0.1) is 5.69 Å². The van der Waals surface area contributed by atoms with Crippen LogP contribution in [-0.4, -0.2) is 33.3 Å². The summed E-state index contributed by atoms with van der Waals surface area (Å²) in [6.07, 6.45) is 5.38. The number of nitrogens with one attached hydrogen (secondary N) is 1. The monoisotopic (exact) mass is 252 g/mol. The maximum absolute atomic E-state index is 8.75. The van der Waals surface area contributed by atoms with Crippen LogP contribution in [0.3, 0.4) is 0 Å². The number of aryl methyl sites for hydroxylation is 1. The zero-order chi connectivity index (χ0) is 13.0. The largest absolute Gasteiger partial charge is 0.396 e. The zero-order valence-electron chi connectivity index (χ0n) is 11.4. The Morgan fingerprint density at radius 1 is 1.50 bits per heavy atom. The van der Waals surface area contributed by atoms with Crippen molar-refractivity contribution in [3.63, 3.8) is 0 Å². The van der Waals surface area contributed by atoms with Crippen LogP contribution in [0.5, 0.6) is 0 Å². The van der Waals surface area contributed by atoms with Gasteiger partial charge in [-0.3, -0.25) is 4.68 Å². The zero-order valence-corrected chi connectivity index (χ0v) is 11.4. The van der Waals surface area contributed by atoms with Gasteiger partial charge in [0.2, 0.25) is 0 Å². The molecule has 0 aliphatic heterocycles. The summed E-state index contributed by atoms with van der Waals surface area (Å²) in [4.78, 5) is 0. The van der Waals surface area contributed by atoms with Crippen LogP contribution in [0.25, 0.3) is 0 Å². The molecule has 1 heterocycles. The van der Waals surface area contributed by atoms with E-state index in [0.717, 1.165) is 37.7 Å². The van der Waals surface area contributed by atoms with Crippen molar-refractivity contribution in [2.75, 3.05) is 13.2 Å². The maximum atomic E-state index is 8.75. The SMILES string of the molecule is CC(C)C1(CNCc2cn(CCCO)nn2)CC1. The van der Waals surface area contributed by atoms with E-state index in [1.165, 1.54) is 12.8 Å². The number of aliphatic hydroxyl groups excluding tert-OH is 1. The Morgan fingerprint density at radius 2 is 2.28 bits per heavy atom. The highest BCUT2D eigenvalue weighted by Crippen LogP contribution is 2.51. The van der Waals surface area contributed by atoms with Gasteiger partial charge >= 0.3 is 0 Å². The van der Waals surface area contributed by atoms with E-state index in [2.05, 4.69) is 29.5 Å². The second-order valence-corrected chi connectivity index (χ2v) is 5.67. The molecule has 0 unspecified atom stereocenters. The van der Waals surface area contributed by atoms with E-state index in [9.17, 15) is 0 Å². The Kier molecular flexibility index (Phi) is 4.35. The number of hydrogen-bond donors (Lipinski definition) is 2. The molecular weight excluding hydrogens is 228 g/mol. The predicted molar refractivity (Wildman–Crippen MR) is 69.9 cm³/mol. The van der Waals surface area contributed by atoms with Gasteiger partial charge in [-0.25, -0.2) is 0 Å². The van der Waals surface area contributed by atoms with Gasteiger partial charge in [0, 0.05) is 32.4 Å². The third-order valence-electron chi connectivity index (χ3n) is 4.03. The Balaban J connectivity index is 1.72. The first-order chi connectivity index (χ1) is 8.66. The third kappa shape index (κ3) is 3.29. The molecule has 1 saturated carbocycles. The summed E-state index contributed by atoms with van der Waals surface area (Å²) in [7, 11) is 0. The Bertz CT molecular complexity index is 371. The number of hydrogen-bond acceptors (Lipinski definition) is 4. The molecule has 0 amide bonds. The third-order valence-corrected chi connectivity index (χ3v) is 4.03. The molecule has 1 aromatic heterocycles. The van der Waals surface area contributed by atoms with Crippen molar-refractivity contribution in [1.82, 2.24) is 20.3 Å². The van der Waals surface area contributed by atoms with Gasteiger partial charge < -0.3 is 10.4 Å². The molecule has 0 bridgehead atoms. The quantitative estimate of drug-likeness (QED) is 0.729. The number of aliphatic hydroxyl groups is 1. The molecule has 0 radical (unpaired) electrons. The van der Waals surface area contributed by atoms with E-state index >= 15 is 0 Å². The number of aromatic nitrogens is 3. The van der Waals surface area contributed by atoms with Crippen LogP contribution in [0, 0.1) is 11.3 Å². The first-order valence-electron chi connectivity index (χ1n) is 6.87. The van der Waals surface area contributed by atoms with E-state index in [-0.39, 0.29) is 6.61 Å². The highest BCUT2D eigenvalue weighted by Gasteiger charge is 2.44. The molecule has 1 fully saturated rings. The van der Waals surface area contributed by atoms with Crippen molar-refractivity contribution in [2.24, 2.45) is 11.3 Å². The fourth-order valence-electron chi connectivity index (χ4n) is 2.32. The molecule has 1 aliphatic rings. The van der Waals surface area contributed by atoms with Crippen molar-refractivity contribution >= 4 is 0 Å². The van der Waals surface area contributed by atoms with Gasteiger partial charge in [0.25, 0.3) is 0 Å². The lowest BCUT2D eigenvalue weighted by atomic mass is 9.92. The molecule has 5 heteroatoms. The highest BCUT2D eigenvalue weighted by atomic mass is 16.3. The van der Waals surface area contributed by atoms with Crippen LogP contribution in [-0.2, 0) is 13.1 Å². The van der Waals surface area contributed by atoms with Gasteiger partial charge in [-0.2, -0.15) is 0 Å². The summed E-state index contributed by atoms with van der Waals surface area (Å²) in [5.74, 6) is 0.755. The van der Waals surface area contributed by atoms with Crippen molar-refractivity contribution < 1.29 is 5.11 Å². The van der Waals surface area contributed by atoms with Gasteiger partial charge in [0.1, 0.15) is 0 Å². The van der Waals surface area contributed by atoms with E-state index < -0.39 is 0 Å².